The first-order valence-corrected chi connectivity index (χ1v) is 8.36. The molecule has 0 saturated heterocycles. The molecule has 0 saturated carbocycles. The van der Waals surface area contributed by atoms with Crippen molar-refractivity contribution in [2.45, 2.75) is 26.9 Å². The maximum absolute atomic E-state index is 12.3. The monoisotopic (exact) mass is 340 g/mol. The summed E-state index contributed by atoms with van der Waals surface area (Å²) in [5.74, 6) is 0.580. The predicted octanol–water partition coefficient (Wildman–Crippen LogP) is 3.48. The van der Waals surface area contributed by atoms with Gasteiger partial charge in [-0.25, -0.2) is 0 Å². The van der Waals surface area contributed by atoms with Gasteiger partial charge in [0.15, 0.2) is 6.10 Å². The molecule has 0 aliphatic rings. The van der Waals surface area contributed by atoms with Crippen LogP contribution in [-0.2, 0) is 4.79 Å². The number of carbonyl (C=O) groups excluding carboxylic acids is 2. The molecule has 2 N–H and O–H groups in total. The van der Waals surface area contributed by atoms with Crippen LogP contribution < -0.4 is 15.4 Å². The van der Waals surface area contributed by atoms with Gasteiger partial charge in [0.2, 0.25) is 0 Å². The number of para-hydroxylation sites is 1. The molecule has 0 radical (unpaired) electrons. The van der Waals surface area contributed by atoms with Crippen molar-refractivity contribution in [1.29, 1.82) is 0 Å². The Morgan fingerprint density at radius 3 is 2.40 bits per heavy atom. The molecule has 2 rings (SSSR count). The van der Waals surface area contributed by atoms with Crippen molar-refractivity contribution in [3.05, 3.63) is 60.2 Å². The van der Waals surface area contributed by atoms with E-state index in [1.165, 1.54) is 0 Å². The summed E-state index contributed by atoms with van der Waals surface area (Å²) in [6.45, 7) is 6.36. The van der Waals surface area contributed by atoms with Crippen molar-refractivity contribution >= 4 is 17.5 Å². The lowest BCUT2D eigenvalue weighted by Gasteiger charge is -2.15. The molecule has 0 unspecified atom stereocenters. The summed E-state index contributed by atoms with van der Waals surface area (Å²) in [5, 5.41) is 5.64. The first kappa shape index (κ1) is 18.5. The summed E-state index contributed by atoms with van der Waals surface area (Å²) in [6, 6.07) is 16.0. The zero-order chi connectivity index (χ0) is 18.2. The van der Waals surface area contributed by atoms with Crippen molar-refractivity contribution in [3.8, 4) is 5.75 Å². The maximum atomic E-state index is 12.3. The lowest BCUT2D eigenvalue weighted by Crippen LogP contribution is -2.30. The van der Waals surface area contributed by atoms with E-state index in [2.05, 4.69) is 10.6 Å². The molecule has 0 fully saturated rings. The van der Waals surface area contributed by atoms with Crippen LogP contribution in [0.5, 0.6) is 5.75 Å². The van der Waals surface area contributed by atoms with Crippen molar-refractivity contribution in [2.24, 2.45) is 5.92 Å². The van der Waals surface area contributed by atoms with Gasteiger partial charge in [0, 0.05) is 17.8 Å². The average Bonchev–Trinajstić information content (AvgIpc) is 2.60. The average molecular weight is 340 g/mol. The number of benzene rings is 2. The van der Waals surface area contributed by atoms with E-state index < -0.39 is 6.10 Å². The highest BCUT2D eigenvalue weighted by molar-refractivity contribution is 5.98. The van der Waals surface area contributed by atoms with Gasteiger partial charge in [0.05, 0.1) is 0 Å². The zero-order valence-electron chi connectivity index (χ0n) is 14.8. The molecule has 0 bridgehead atoms. The molecule has 0 aliphatic carbocycles. The SMILES string of the molecule is CC(C)CNC(=O)c1cccc(NC(=O)[C@H](C)Oc2ccccc2)c1. The standard InChI is InChI=1S/C20H24N2O3/c1-14(2)13-21-20(24)16-8-7-9-17(12-16)22-19(23)15(3)25-18-10-5-4-6-11-18/h4-12,14-15H,13H2,1-3H3,(H,21,24)(H,22,23)/t15-/m0/s1. The van der Waals surface area contributed by atoms with E-state index in [9.17, 15) is 9.59 Å². The number of ether oxygens (including phenoxy) is 1. The molecule has 1 atom stereocenters. The number of anilines is 1. The number of hydrogen-bond donors (Lipinski definition) is 2. The molecule has 25 heavy (non-hydrogen) atoms. The van der Waals surface area contributed by atoms with Crippen LogP contribution in [-0.4, -0.2) is 24.5 Å². The van der Waals surface area contributed by atoms with E-state index in [1.807, 2.05) is 32.0 Å². The highest BCUT2D eigenvalue weighted by Gasteiger charge is 2.15. The molecule has 0 aliphatic heterocycles. The smallest absolute Gasteiger partial charge is 0.265 e. The Kier molecular flexibility index (Phi) is 6.57. The largest absolute Gasteiger partial charge is 0.481 e. The highest BCUT2D eigenvalue weighted by atomic mass is 16.5. The minimum absolute atomic E-state index is 0.154. The van der Waals surface area contributed by atoms with Gasteiger partial charge in [0.25, 0.3) is 11.8 Å². The lowest BCUT2D eigenvalue weighted by molar-refractivity contribution is -0.122. The Morgan fingerprint density at radius 1 is 1.00 bits per heavy atom. The predicted molar refractivity (Wildman–Crippen MR) is 98.8 cm³/mol. The van der Waals surface area contributed by atoms with Crippen LogP contribution in [0.4, 0.5) is 5.69 Å². The third-order valence-corrected chi connectivity index (χ3v) is 3.49. The molecule has 5 nitrogen and oxygen atoms in total. The van der Waals surface area contributed by atoms with E-state index in [1.54, 1.807) is 43.3 Å². The van der Waals surface area contributed by atoms with Gasteiger partial charge in [-0.2, -0.15) is 0 Å². The normalized spacial score (nSPS) is 11.7. The number of hydrogen-bond acceptors (Lipinski definition) is 3. The Bertz CT molecular complexity index is 714. The van der Waals surface area contributed by atoms with E-state index in [4.69, 9.17) is 4.74 Å². The molecule has 0 aromatic heterocycles. The third-order valence-electron chi connectivity index (χ3n) is 3.49. The van der Waals surface area contributed by atoms with Gasteiger partial charge in [-0.15, -0.1) is 0 Å². The zero-order valence-corrected chi connectivity index (χ0v) is 14.8. The Labute approximate surface area is 148 Å². The quantitative estimate of drug-likeness (QED) is 0.811. The van der Waals surface area contributed by atoms with E-state index in [0.29, 0.717) is 29.5 Å². The summed E-state index contributed by atoms with van der Waals surface area (Å²) in [5.41, 5.74) is 1.07. The fourth-order valence-corrected chi connectivity index (χ4v) is 2.14. The van der Waals surface area contributed by atoms with Crippen molar-refractivity contribution < 1.29 is 14.3 Å². The molecular formula is C20H24N2O3. The molecule has 0 heterocycles. The summed E-state index contributed by atoms with van der Waals surface area (Å²) >= 11 is 0. The third kappa shape index (κ3) is 5.95. The molecule has 2 amide bonds. The van der Waals surface area contributed by atoms with Crippen molar-refractivity contribution in [1.82, 2.24) is 5.32 Å². The Hall–Kier alpha value is -2.82. The van der Waals surface area contributed by atoms with Crippen LogP contribution in [0.2, 0.25) is 0 Å². The Balaban J connectivity index is 1.96. The van der Waals surface area contributed by atoms with Gasteiger partial charge in [-0.3, -0.25) is 9.59 Å². The van der Waals surface area contributed by atoms with E-state index in [-0.39, 0.29) is 11.8 Å². The van der Waals surface area contributed by atoms with E-state index >= 15 is 0 Å². The van der Waals surface area contributed by atoms with Crippen LogP contribution in [0.1, 0.15) is 31.1 Å². The van der Waals surface area contributed by atoms with Crippen LogP contribution in [0.15, 0.2) is 54.6 Å². The van der Waals surface area contributed by atoms with E-state index in [0.717, 1.165) is 0 Å². The Morgan fingerprint density at radius 2 is 1.72 bits per heavy atom. The second-order valence-electron chi connectivity index (χ2n) is 6.25. The summed E-state index contributed by atoms with van der Waals surface area (Å²) in [6.07, 6.45) is -0.652. The first-order chi connectivity index (χ1) is 12.0. The van der Waals surface area contributed by atoms with Gasteiger partial charge in [0.1, 0.15) is 5.75 Å². The number of carbonyl (C=O) groups is 2. The highest BCUT2D eigenvalue weighted by Crippen LogP contribution is 2.14. The minimum Gasteiger partial charge on any atom is -0.481 e. The molecule has 2 aromatic rings. The summed E-state index contributed by atoms with van der Waals surface area (Å²) < 4.78 is 5.60. The van der Waals surface area contributed by atoms with Crippen LogP contribution in [0, 0.1) is 5.92 Å². The summed E-state index contributed by atoms with van der Waals surface area (Å²) in [7, 11) is 0. The van der Waals surface area contributed by atoms with Crippen LogP contribution >= 0.6 is 0 Å². The number of amides is 2. The second-order valence-corrected chi connectivity index (χ2v) is 6.25. The fraction of sp³-hybridized carbons (Fsp3) is 0.300. The van der Waals surface area contributed by atoms with Gasteiger partial charge in [-0.1, -0.05) is 38.1 Å². The van der Waals surface area contributed by atoms with Crippen LogP contribution in [0.3, 0.4) is 0 Å². The second kappa shape index (κ2) is 8.87. The molecule has 5 heteroatoms. The summed E-state index contributed by atoms with van der Waals surface area (Å²) in [4.78, 5) is 24.4. The molecular weight excluding hydrogens is 316 g/mol. The van der Waals surface area contributed by atoms with Crippen molar-refractivity contribution in [3.63, 3.8) is 0 Å². The lowest BCUT2D eigenvalue weighted by atomic mass is 10.1. The first-order valence-electron chi connectivity index (χ1n) is 8.36. The van der Waals surface area contributed by atoms with Gasteiger partial charge >= 0.3 is 0 Å². The van der Waals surface area contributed by atoms with Gasteiger partial charge in [-0.05, 0) is 43.2 Å². The number of nitrogens with one attached hydrogen (secondary N) is 2. The van der Waals surface area contributed by atoms with Crippen LogP contribution in [0.25, 0.3) is 0 Å². The minimum atomic E-state index is -0.652. The fourth-order valence-electron chi connectivity index (χ4n) is 2.14. The van der Waals surface area contributed by atoms with Gasteiger partial charge < -0.3 is 15.4 Å². The van der Waals surface area contributed by atoms with Crippen molar-refractivity contribution in [2.75, 3.05) is 11.9 Å². The number of rotatable bonds is 7. The molecule has 132 valence electrons. The molecule has 2 aromatic carbocycles. The maximum Gasteiger partial charge on any atom is 0.265 e. The molecule has 0 spiro atoms. The topological polar surface area (TPSA) is 67.4 Å².